The van der Waals surface area contributed by atoms with Crippen molar-refractivity contribution in [1.82, 2.24) is 9.13 Å². The minimum absolute atomic E-state index is 1.07. The van der Waals surface area contributed by atoms with E-state index in [1.165, 1.54) is 11.1 Å². The Morgan fingerprint density at radius 1 is 0.216 bits per heavy atom. The summed E-state index contributed by atoms with van der Waals surface area (Å²) < 4.78 is 4.99. The van der Waals surface area contributed by atoms with Crippen LogP contribution in [0.25, 0.3) is 77.9 Å². The number of anilines is 6. The van der Waals surface area contributed by atoms with Crippen LogP contribution in [0.3, 0.4) is 0 Å². The van der Waals surface area contributed by atoms with Gasteiger partial charge >= 0.3 is 0 Å². The fraction of sp³-hybridized carbons (Fsp3) is 0. The molecular weight excluding hydrogens is 897 g/mol. The van der Waals surface area contributed by atoms with Crippen molar-refractivity contribution < 1.29 is 0 Å². The van der Waals surface area contributed by atoms with Crippen molar-refractivity contribution in [3.63, 3.8) is 0 Å². The first-order chi connectivity index (χ1) is 36.8. The van der Waals surface area contributed by atoms with Gasteiger partial charge < -0.3 is 18.9 Å². The van der Waals surface area contributed by atoms with Crippen molar-refractivity contribution in [2.45, 2.75) is 0 Å². The molecule has 0 N–H and O–H groups in total. The molecule has 0 unspecified atom stereocenters. The quantitative estimate of drug-likeness (QED) is 0.121. The molecule has 4 heteroatoms. The molecular formula is C70H50N4. The van der Waals surface area contributed by atoms with Crippen molar-refractivity contribution in [2.24, 2.45) is 0 Å². The van der Waals surface area contributed by atoms with Gasteiger partial charge in [-0.25, -0.2) is 0 Å². The number of hydrogen-bond donors (Lipinski definition) is 0. The van der Waals surface area contributed by atoms with Gasteiger partial charge in [-0.1, -0.05) is 194 Å². The summed E-state index contributed by atoms with van der Waals surface area (Å²) in [6.45, 7) is 0. The van der Waals surface area contributed by atoms with Gasteiger partial charge in [-0.15, -0.1) is 0 Å². The maximum Gasteiger partial charge on any atom is 0.0619 e. The van der Waals surface area contributed by atoms with E-state index >= 15 is 0 Å². The molecule has 0 bridgehead atoms. The maximum atomic E-state index is 2.50. The normalized spacial score (nSPS) is 11.2. The van der Waals surface area contributed by atoms with Crippen LogP contribution in [-0.4, -0.2) is 9.13 Å². The first kappa shape index (κ1) is 44.1. The zero-order valence-corrected chi connectivity index (χ0v) is 40.7. The number of rotatable bonds is 12. The third-order valence-electron chi connectivity index (χ3n) is 14.1. The largest absolute Gasteiger partial charge is 0.311 e. The average Bonchev–Trinajstić information content (AvgIpc) is 4.03. The van der Waals surface area contributed by atoms with Gasteiger partial charge in [0.2, 0.25) is 0 Å². The number of hydrogen-bond acceptors (Lipinski definition) is 2. The Bertz CT molecular complexity index is 3640. The molecule has 0 saturated carbocycles. The monoisotopic (exact) mass is 946 g/mol. The summed E-state index contributed by atoms with van der Waals surface area (Å²) in [7, 11) is 0. The molecule has 350 valence electrons. The summed E-state index contributed by atoms with van der Waals surface area (Å²) in [5, 5.41) is 2.33. The predicted octanol–water partition coefficient (Wildman–Crippen LogP) is 19.2. The highest BCUT2D eigenvalue weighted by molar-refractivity contribution is 6.15. The van der Waals surface area contributed by atoms with Gasteiger partial charge in [-0.3, -0.25) is 0 Å². The molecule has 0 fully saturated rings. The van der Waals surface area contributed by atoms with Crippen LogP contribution >= 0.6 is 0 Å². The molecule has 0 radical (unpaired) electrons. The van der Waals surface area contributed by atoms with Gasteiger partial charge in [0.15, 0.2) is 0 Å². The Balaban J connectivity index is 1.10. The Hall–Kier alpha value is -9.90. The molecule has 0 spiro atoms. The van der Waals surface area contributed by atoms with E-state index in [0.29, 0.717) is 0 Å². The molecule has 2 heterocycles. The van der Waals surface area contributed by atoms with Crippen molar-refractivity contribution in [3.8, 4) is 56.1 Å². The van der Waals surface area contributed by atoms with Crippen LogP contribution in [0.2, 0.25) is 0 Å². The minimum atomic E-state index is 1.07. The lowest BCUT2D eigenvalue weighted by molar-refractivity contribution is 1.13. The zero-order valence-electron chi connectivity index (χ0n) is 40.7. The second-order valence-electron chi connectivity index (χ2n) is 18.5. The van der Waals surface area contributed by atoms with Crippen LogP contribution in [0.5, 0.6) is 0 Å². The van der Waals surface area contributed by atoms with Gasteiger partial charge in [0.05, 0.1) is 22.4 Å². The van der Waals surface area contributed by atoms with Gasteiger partial charge in [0.25, 0.3) is 0 Å². The van der Waals surface area contributed by atoms with Crippen LogP contribution in [0.15, 0.2) is 303 Å². The molecule has 13 aromatic rings. The molecule has 0 saturated heterocycles. The summed E-state index contributed by atoms with van der Waals surface area (Å²) >= 11 is 0. The lowest BCUT2D eigenvalue weighted by atomic mass is 9.96. The Kier molecular flexibility index (Phi) is 11.5. The average molecular weight is 947 g/mol. The predicted molar refractivity (Wildman–Crippen MR) is 311 cm³/mol. The SMILES string of the molecule is c1ccc(-c2c(-c3ccccc3)n(-c3ccc(N(c4ccccc4)c4ccccc4)cc3)c3cc4c(-c5ccccc5)c(-c5ccccc5)n(-c5ccc(N(c6ccccc6)c6ccccc6)cc5)c4cc23)cc1. The number of aromatic nitrogens is 2. The third kappa shape index (κ3) is 8.01. The second kappa shape index (κ2) is 19.4. The molecule has 0 aliphatic carbocycles. The first-order valence-corrected chi connectivity index (χ1v) is 25.3. The molecule has 74 heavy (non-hydrogen) atoms. The summed E-state index contributed by atoms with van der Waals surface area (Å²) in [5.41, 5.74) is 20.2. The molecule has 0 amide bonds. The third-order valence-corrected chi connectivity index (χ3v) is 14.1. The smallest absolute Gasteiger partial charge is 0.0619 e. The van der Waals surface area contributed by atoms with E-state index in [0.717, 1.165) is 101 Å². The number of nitrogens with zero attached hydrogens (tertiary/aromatic N) is 4. The number of para-hydroxylation sites is 4. The first-order valence-electron chi connectivity index (χ1n) is 25.3. The summed E-state index contributed by atoms with van der Waals surface area (Å²) in [6, 6.07) is 109. The molecule has 0 aliphatic rings. The molecule has 13 rings (SSSR count). The molecule has 0 aliphatic heterocycles. The van der Waals surface area contributed by atoms with Crippen LogP contribution in [0, 0.1) is 0 Å². The van der Waals surface area contributed by atoms with Crippen LogP contribution in [0.4, 0.5) is 34.1 Å². The van der Waals surface area contributed by atoms with Crippen LogP contribution in [-0.2, 0) is 0 Å². The molecule has 0 atom stereocenters. The Labute approximate surface area is 432 Å². The van der Waals surface area contributed by atoms with Crippen molar-refractivity contribution >= 4 is 55.9 Å². The Morgan fingerprint density at radius 3 is 0.716 bits per heavy atom. The maximum absolute atomic E-state index is 2.50. The van der Waals surface area contributed by atoms with E-state index in [4.69, 9.17) is 0 Å². The zero-order chi connectivity index (χ0) is 49.2. The van der Waals surface area contributed by atoms with Gasteiger partial charge in [-0.2, -0.15) is 0 Å². The van der Waals surface area contributed by atoms with E-state index in [1.807, 2.05) is 0 Å². The highest BCUT2D eigenvalue weighted by atomic mass is 15.1. The van der Waals surface area contributed by atoms with Crippen LogP contribution < -0.4 is 9.80 Å². The highest BCUT2D eigenvalue weighted by Crippen LogP contribution is 2.49. The van der Waals surface area contributed by atoms with E-state index in [9.17, 15) is 0 Å². The highest BCUT2D eigenvalue weighted by Gasteiger charge is 2.27. The fourth-order valence-corrected chi connectivity index (χ4v) is 10.8. The van der Waals surface area contributed by atoms with E-state index in [-0.39, 0.29) is 0 Å². The van der Waals surface area contributed by atoms with Crippen molar-refractivity contribution in [3.05, 3.63) is 303 Å². The lowest BCUT2D eigenvalue weighted by Gasteiger charge is -2.25. The molecule has 11 aromatic carbocycles. The molecule has 4 nitrogen and oxygen atoms in total. The van der Waals surface area contributed by atoms with E-state index in [2.05, 4.69) is 322 Å². The van der Waals surface area contributed by atoms with Crippen molar-refractivity contribution in [1.29, 1.82) is 0 Å². The topological polar surface area (TPSA) is 16.3 Å². The van der Waals surface area contributed by atoms with Crippen molar-refractivity contribution in [2.75, 3.05) is 9.80 Å². The number of benzene rings is 11. The Morgan fingerprint density at radius 2 is 0.446 bits per heavy atom. The minimum Gasteiger partial charge on any atom is -0.311 e. The summed E-state index contributed by atoms with van der Waals surface area (Å²) in [5.74, 6) is 0. The van der Waals surface area contributed by atoms with E-state index in [1.54, 1.807) is 0 Å². The summed E-state index contributed by atoms with van der Waals surface area (Å²) in [6.07, 6.45) is 0. The lowest BCUT2D eigenvalue weighted by Crippen LogP contribution is -2.09. The molecule has 2 aromatic heterocycles. The number of fused-ring (bicyclic) bond motifs is 2. The van der Waals surface area contributed by atoms with Gasteiger partial charge in [0, 0.05) is 67.4 Å². The van der Waals surface area contributed by atoms with Crippen LogP contribution in [0.1, 0.15) is 0 Å². The standard InChI is InChI=1S/C70H50N4/c1-9-25-51(26-10-1)67-63-49-66-64(50-65(63)73(69(67)53-29-13-3-14-30-53)61-45-41-59(42-46-61)71(55-33-17-5-18-34-55)56-35-19-6-20-36-56)68(52-27-11-2-12-28-52)70(54-31-15-4-16-32-54)74(66)62-47-43-60(44-48-62)72(57-37-21-7-22-38-57)58-39-23-8-24-40-58/h1-50H. The summed E-state index contributed by atoms with van der Waals surface area (Å²) in [4.78, 5) is 4.64. The fourth-order valence-electron chi connectivity index (χ4n) is 10.8. The van der Waals surface area contributed by atoms with E-state index < -0.39 is 0 Å². The second-order valence-corrected chi connectivity index (χ2v) is 18.5. The van der Waals surface area contributed by atoms with Gasteiger partial charge in [0.1, 0.15) is 0 Å². The van der Waals surface area contributed by atoms with Gasteiger partial charge in [-0.05, 0) is 131 Å².